The van der Waals surface area contributed by atoms with Gasteiger partial charge in [-0.3, -0.25) is 4.79 Å². The minimum absolute atomic E-state index is 0.132. The highest BCUT2D eigenvalue weighted by Gasteiger charge is 2.26. The van der Waals surface area contributed by atoms with E-state index < -0.39 is 0 Å². The Morgan fingerprint density at radius 3 is 2.24 bits per heavy atom. The number of carbonyl (C=O) groups is 1. The fourth-order valence-corrected chi connectivity index (χ4v) is 4.33. The Bertz CT molecular complexity index is 1410. The van der Waals surface area contributed by atoms with E-state index in [4.69, 9.17) is 4.74 Å². The molecular weight excluding hydrogens is 466 g/mol. The van der Waals surface area contributed by atoms with E-state index in [9.17, 15) is 9.59 Å². The van der Waals surface area contributed by atoms with Crippen LogP contribution in [0.5, 0.6) is 5.75 Å². The molecule has 1 fully saturated rings. The van der Waals surface area contributed by atoms with E-state index in [-0.39, 0.29) is 23.9 Å². The molecule has 8 nitrogen and oxygen atoms in total. The number of anilines is 2. The van der Waals surface area contributed by atoms with Crippen LogP contribution in [0.4, 0.5) is 16.2 Å². The zero-order valence-electron chi connectivity index (χ0n) is 20.7. The van der Waals surface area contributed by atoms with Crippen molar-refractivity contribution >= 4 is 17.4 Å². The zero-order chi connectivity index (χ0) is 25.6. The van der Waals surface area contributed by atoms with Crippen molar-refractivity contribution in [3.8, 4) is 11.4 Å². The van der Waals surface area contributed by atoms with Gasteiger partial charge in [0.15, 0.2) is 0 Å². The van der Waals surface area contributed by atoms with Crippen LogP contribution in [-0.4, -0.2) is 46.9 Å². The van der Waals surface area contributed by atoms with Crippen molar-refractivity contribution in [1.82, 2.24) is 14.7 Å². The minimum Gasteiger partial charge on any atom is -0.481 e. The summed E-state index contributed by atoms with van der Waals surface area (Å²) in [5.74, 6) is 0.250. The second-order valence-corrected chi connectivity index (χ2v) is 8.90. The number of para-hydroxylation sites is 2. The highest BCUT2D eigenvalue weighted by atomic mass is 16.5. The maximum atomic E-state index is 13.5. The summed E-state index contributed by atoms with van der Waals surface area (Å²) in [5, 5.41) is 7.45. The van der Waals surface area contributed by atoms with Crippen molar-refractivity contribution in [2.75, 3.05) is 36.4 Å². The fourth-order valence-electron chi connectivity index (χ4n) is 4.33. The lowest BCUT2D eigenvalue weighted by Crippen LogP contribution is -2.50. The number of nitrogens with zero attached hydrogens (tertiary/aromatic N) is 4. The summed E-state index contributed by atoms with van der Waals surface area (Å²) in [6.45, 7) is 4.36. The maximum Gasteiger partial charge on any atom is 0.321 e. The number of nitrogens with one attached hydrogen (secondary N) is 1. The molecule has 0 aliphatic carbocycles. The Labute approximate surface area is 215 Å². The van der Waals surface area contributed by atoms with Crippen LogP contribution in [0, 0.1) is 6.92 Å². The molecule has 1 N–H and O–H groups in total. The molecule has 0 radical (unpaired) electrons. The van der Waals surface area contributed by atoms with Gasteiger partial charge in [-0.1, -0.05) is 66.7 Å². The molecule has 2 heterocycles. The van der Waals surface area contributed by atoms with Gasteiger partial charge in [-0.15, -0.1) is 0 Å². The topological polar surface area (TPSA) is 79.7 Å². The molecule has 3 aromatic carbocycles. The van der Waals surface area contributed by atoms with E-state index in [0.29, 0.717) is 37.6 Å². The Morgan fingerprint density at radius 2 is 1.54 bits per heavy atom. The summed E-state index contributed by atoms with van der Waals surface area (Å²) >= 11 is 0. The Kier molecular flexibility index (Phi) is 7.16. The van der Waals surface area contributed by atoms with Gasteiger partial charge in [0.05, 0.1) is 11.9 Å². The van der Waals surface area contributed by atoms with Crippen molar-refractivity contribution in [3.63, 3.8) is 0 Å². The van der Waals surface area contributed by atoms with Gasteiger partial charge >= 0.3 is 11.6 Å². The van der Waals surface area contributed by atoms with Crippen molar-refractivity contribution in [3.05, 3.63) is 113 Å². The lowest BCUT2D eigenvalue weighted by Gasteiger charge is -2.36. The predicted molar refractivity (Wildman–Crippen MR) is 145 cm³/mol. The number of piperazine rings is 1. The molecule has 1 aliphatic rings. The minimum atomic E-state index is -0.320. The van der Waals surface area contributed by atoms with Crippen LogP contribution < -0.4 is 20.5 Å². The summed E-state index contributed by atoms with van der Waals surface area (Å²) < 4.78 is 7.48. The molecule has 37 heavy (non-hydrogen) atoms. The van der Waals surface area contributed by atoms with Crippen LogP contribution in [0.15, 0.2) is 95.9 Å². The highest BCUT2D eigenvalue weighted by molar-refractivity contribution is 5.90. The molecular formula is C29H29N5O3. The second kappa shape index (κ2) is 11.0. The quantitative estimate of drug-likeness (QED) is 0.427. The van der Waals surface area contributed by atoms with E-state index in [0.717, 1.165) is 16.8 Å². The maximum absolute atomic E-state index is 13.5. The number of urea groups is 1. The first-order valence-corrected chi connectivity index (χ1v) is 12.3. The average molecular weight is 496 g/mol. The number of rotatable bonds is 6. The first kappa shape index (κ1) is 24.1. The van der Waals surface area contributed by atoms with Crippen LogP contribution in [0.1, 0.15) is 11.1 Å². The van der Waals surface area contributed by atoms with E-state index in [1.165, 1.54) is 4.68 Å². The highest BCUT2D eigenvalue weighted by Crippen LogP contribution is 2.26. The molecule has 0 spiro atoms. The number of carbonyl (C=O) groups excluding carboxylic acids is 1. The molecule has 1 aromatic heterocycles. The van der Waals surface area contributed by atoms with Gasteiger partial charge < -0.3 is 19.9 Å². The molecule has 2 amide bonds. The number of amides is 2. The van der Waals surface area contributed by atoms with Gasteiger partial charge in [0.2, 0.25) is 5.75 Å². The van der Waals surface area contributed by atoms with Crippen LogP contribution >= 0.6 is 0 Å². The number of hydrogen-bond acceptors (Lipinski definition) is 5. The molecule has 4 aromatic rings. The third-order valence-corrected chi connectivity index (χ3v) is 6.44. The standard InChI is InChI=1S/C29H29N5O3/c1-22-10-8-9-15-25(22)31-29(36)33-18-16-32(17-19-33)26-20-30-34(24-13-6-3-7-14-24)28(35)27(26)37-21-23-11-4-2-5-12-23/h2-15,20H,16-19,21H2,1H3,(H,31,36). The first-order chi connectivity index (χ1) is 18.1. The molecule has 1 aliphatic heterocycles. The molecule has 0 saturated carbocycles. The van der Waals surface area contributed by atoms with E-state index in [2.05, 4.69) is 15.3 Å². The monoisotopic (exact) mass is 495 g/mol. The van der Waals surface area contributed by atoms with Gasteiger partial charge in [-0.05, 0) is 36.2 Å². The molecule has 0 unspecified atom stereocenters. The number of hydrogen-bond donors (Lipinski definition) is 1. The van der Waals surface area contributed by atoms with Crippen molar-refractivity contribution in [2.45, 2.75) is 13.5 Å². The number of aromatic nitrogens is 2. The number of aryl methyl sites for hydroxylation is 1. The summed E-state index contributed by atoms with van der Waals surface area (Å²) in [6.07, 6.45) is 1.68. The summed E-state index contributed by atoms with van der Waals surface area (Å²) in [4.78, 5) is 30.2. The zero-order valence-corrected chi connectivity index (χ0v) is 20.7. The summed E-state index contributed by atoms with van der Waals surface area (Å²) in [7, 11) is 0. The Morgan fingerprint density at radius 1 is 0.892 bits per heavy atom. The molecule has 5 rings (SSSR count). The van der Waals surface area contributed by atoms with Crippen LogP contribution in [-0.2, 0) is 6.61 Å². The predicted octanol–water partition coefficient (Wildman–Crippen LogP) is 4.47. The lowest BCUT2D eigenvalue weighted by molar-refractivity contribution is 0.208. The Balaban J connectivity index is 1.35. The first-order valence-electron chi connectivity index (χ1n) is 12.3. The fraction of sp³-hybridized carbons (Fsp3) is 0.207. The van der Waals surface area contributed by atoms with Crippen molar-refractivity contribution in [1.29, 1.82) is 0 Å². The van der Waals surface area contributed by atoms with Crippen LogP contribution in [0.25, 0.3) is 5.69 Å². The van der Waals surface area contributed by atoms with Gasteiger partial charge in [0, 0.05) is 31.9 Å². The van der Waals surface area contributed by atoms with Crippen LogP contribution in [0.3, 0.4) is 0 Å². The molecule has 8 heteroatoms. The lowest BCUT2D eigenvalue weighted by atomic mass is 10.2. The normalized spacial score (nSPS) is 13.3. The molecule has 188 valence electrons. The summed E-state index contributed by atoms with van der Waals surface area (Å²) in [6, 6.07) is 26.6. The van der Waals surface area contributed by atoms with Gasteiger partial charge in [-0.2, -0.15) is 9.78 Å². The third-order valence-electron chi connectivity index (χ3n) is 6.44. The third kappa shape index (κ3) is 5.48. The van der Waals surface area contributed by atoms with Gasteiger partial charge in [0.1, 0.15) is 12.3 Å². The smallest absolute Gasteiger partial charge is 0.321 e. The van der Waals surface area contributed by atoms with Gasteiger partial charge in [0.25, 0.3) is 0 Å². The molecule has 0 atom stereocenters. The van der Waals surface area contributed by atoms with Crippen LogP contribution in [0.2, 0.25) is 0 Å². The van der Waals surface area contributed by atoms with Gasteiger partial charge in [-0.25, -0.2) is 4.79 Å². The second-order valence-electron chi connectivity index (χ2n) is 8.90. The Hall–Kier alpha value is -4.59. The van der Waals surface area contributed by atoms with Crippen molar-refractivity contribution in [2.24, 2.45) is 0 Å². The molecule has 1 saturated heterocycles. The van der Waals surface area contributed by atoms with E-state index in [1.54, 1.807) is 11.1 Å². The SMILES string of the molecule is Cc1ccccc1NC(=O)N1CCN(c2cnn(-c3ccccc3)c(=O)c2OCc2ccccc2)CC1. The van der Waals surface area contributed by atoms with E-state index >= 15 is 0 Å². The largest absolute Gasteiger partial charge is 0.481 e. The number of benzene rings is 3. The van der Waals surface area contributed by atoms with E-state index in [1.807, 2.05) is 91.9 Å². The summed E-state index contributed by atoms with van der Waals surface area (Å²) in [5.41, 5.74) is 3.77. The number of ether oxygens (including phenoxy) is 1. The average Bonchev–Trinajstić information content (AvgIpc) is 2.94. The molecule has 0 bridgehead atoms. The van der Waals surface area contributed by atoms with Crippen molar-refractivity contribution < 1.29 is 9.53 Å².